The summed E-state index contributed by atoms with van der Waals surface area (Å²) in [5.41, 5.74) is 16.0. The molecule has 6 nitrogen and oxygen atoms in total. The Labute approximate surface area is 425 Å². The lowest BCUT2D eigenvalue weighted by Crippen LogP contribution is -2.02. The molecule has 0 atom stereocenters. The highest BCUT2D eigenvalue weighted by Gasteiger charge is 2.23. The van der Waals surface area contributed by atoms with Crippen LogP contribution in [0.2, 0.25) is 0 Å². The van der Waals surface area contributed by atoms with Gasteiger partial charge in [-0.3, -0.25) is 0 Å². The van der Waals surface area contributed by atoms with E-state index in [1.54, 1.807) is 0 Å². The van der Waals surface area contributed by atoms with E-state index in [2.05, 4.69) is 188 Å². The molecule has 0 saturated heterocycles. The molecule has 344 valence electrons. The van der Waals surface area contributed by atoms with Crippen molar-refractivity contribution < 1.29 is 8.83 Å². The monoisotopic (exact) mass is 944 g/mol. The number of para-hydroxylation sites is 4. The molecule has 11 aromatic carbocycles. The molecule has 0 radical (unpaired) electrons. The van der Waals surface area contributed by atoms with Crippen molar-refractivity contribution in [3.05, 3.63) is 248 Å². The fourth-order valence-electron chi connectivity index (χ4n) is 10.7. The summed E-state index contributed by atoms with van der Waals surface area (Å²) in [6.45, 7) is 0. The van der Waals surface area contributed by atoms with Gasteiger partial charge in [-0.25, -0.2) is 15.0 Å². The van der Waals surface area contributed by atoms with Gasteiger partial charge < -0.3 is 8.83 Å². The predicted octanol–water partition coefficient (Wildman–Crippen LogP) is 18.0. The van der Waals surface area contributed by atoms with Crippen LogP contribution in [0.25, 0.3) is 144 Å². The second-order valence-corrected chi connectivity index (χ2v) is 18.5. The maximum atomic E-state index is 10.1. The van der Waals surface area contributed by atoms with Crippen LogP contribution in [-0.4, -0.2) is 15.0 Å². The van der Waals surface area contributed by atoms with Crippen molar-refractivity contribution in [2.45, 2.75) is 0 Å². The highest BCUT2D eigenvalue weighted by molar-refractivity contribution is 6.15. The van der Waals surface area contributed by atoms with E-state index >= 15 is 0 Å². The number of rotatable bonds is 8. The molecule has 0 unspecified atom stereocenters. The molecule has 3 heterocycles. The van der Waals surface area contributed by atoms with Gasteiger partial charge in [0.1, 0.15) is 22.3 Å². The summed E-state index contributed by atoms with van der Waals surface area (Å²) in [5, 5.41) is 16.3. The zero-order valence-electron chi connectivity index (χ0n) is 39.7. The third-order valence-electron chi connectivity index (χ3n) is 14.2. The molecular weight excluding hydrogens is 905 g/mol. The normalized spacial score (nSPS) is 11.5. The van der Waals surface area contributed by atoms with Crippen molar-refractivity contribution >= 4 is 54.6 Å². The van der Waals surface area contributed by atoms with Crippen LogP contribution in [0.1, 0.15) is 5.56 Å². The first kappa shape index (κ1) is 42.6. The molecule has 6 heteroatoms. The number of benzene rings is 11. The summed E-state index contributed by atoms with van der Waals surface area (Å²) in [5.74, 6) is 1.59. The van der Waals surface area contributed by atoms with E-state index in [1.165, 1.54) is 0 Å². The smallest absolute Gasteiger partial charge is 0.164 e. The lowest BCUT2D eigenvalue weighted by Gasteiger charge is -2.14. The molecule has 74 heavy (non-hydrogen) atoms. The summed E-state index contributed by atoms with van der Waals surface area (Å²) in [6, 6.07) is 85.5. The number of hydrogen-bond acceptors (Lipinski definition) is 6. The Balaban J connectivity index is 0.950. The van der Waals surface area contributed by atoms with Crippen LogP contribution in [0.3, 0.4) is 0 Å². The fourth-order valence-corrected chi connectivity index (χ4v) is 10.7. The van der Waals surface area contributed by atoms with E-state index in [4.69, 9.17) is 23.8 Å². The van der Waals surface area contributed by atoms with Gasteiger partial charge in [-0.1, -0.05) is 224 Å². The minimum absolute atomic E-state index is 0.518. The van der Waals surface area contributed by atoms with Gasteiger partial charge in [0, 0.05) is 66.1 Å². The molecule has 0 saturated carbocycles. The maximum Gasteiger partial charge on any atom is 0.164 e. The first-order valence-electron chi connectivity index (χ1n) is 24.6. The molecule has 0 aliphatic rings. The lowest BCUT2D eigenvalue weighted by atomic mass is 9.95. The van der Waals surface area contributed by atoms with Crippen molar-refractivity contribution in [2.24, 2.45) is 0 Å². The Morgan fingerprint density at radius 3 is 1.28 bits per heavy atom. The van der Waals surface area contributed by atoms with Crippen LogP contribution >= 0.6 is 0 Å². The van der Waals surface area contributed by atoms with E-state index in [0.717, 1.165) is 127 Å². The van der Waals surface area contributed by atoms with Gasteiger partial charge in [-0.05, 0) is 56.8 Å². The van der Waals surface area contributed by atoms with Crippen LogP contribution in [-0.2, 0) is 0 Å². The van der Waals surface area contributed by atoms with Crippen LogP contribution in [0, 0.1) is 11.3 Å². The van der Waals surface area contributed by atoms with Crippen LogP contribution in [0.4, 0.5) is 0 Å². The number of aromatic nitrogens is 3. The van der Waals surface area contributed by atoms with Crippen molar-refractivity contribution in [1.82, 2.24) is 15.0 Å². The largest absolute Gasteiger partial charge is 0.455 e. The van der Waals surface area contributed by atoms with Gasteiger partial charge in [0.2, 0.25) is 0 Å². The van der Waals surface area contributed by atoms with Crippen molar-refractivity contribution in [3.8, 4) is 95.9 Å². The van der Waals surface area contributed by atoms with Crippen LogP contribution in [0.5, 0.6) is 0 Å². The Hall–Kier alpha value is -10.2. The number of furan rings is 2. The predicted molar refractivity (Wildman–Crippen MR) is 300 cm³/mol. The van der Waals surface area contributed by atoms with Crippen LogP contribution < -0.4 is 0 Å². The molecule has 0 N–H and O–H groups in total. The first-order chi connectivity index (χ1) is 36.6. The summed E-state index contributed by atoms with van der Waals surface area (Å²) in [4.78, 5) is 16.1. The molecule has 3 aromatic heterocycles. The van der Waals surface area contributed by atoms with E-state index in [-0.39, 0.29) is 0 Å². The second-order valence-electron chi connectivity index (χ2n) is 18.5. The highest BCUT2D eigenvalue weighted by Crippen LogP contribution is 2.45. The number of nitriles is 1. The quantitative estimate of drug-likeness (QED) is 0.151. The van der Waals surface area contributed by atoms with E-state index in [9.17, 15) is 5.26 Å². The Morgan fingerprint density at radius 1 is 0.270 bits per heavy atom. The van der Waals surface area contributed by atoms with Gasteiger partial charge in [-0.15, -0.1) is 0 Å². The Bertz CT molecular complexity index is 4580. The van der Waals surface area contributed by atoms with Crippen LogP contribution in [0.15, 0.2) is 251 Å². The summed E-state index contributed by atoms with van der Waals surface area (Å²) >= 11 is 0. The van der Waals surface area contributed by atoms with E-state index in [1.807, 2.05) is 60.7 Å². The average molecular weight is 945 g/mol. The first-order valence-corrected chi connectivity index (χ1v) is 24.6. The zero-order chi connectivity index (χ0) is 49.1. The molecule has 0 aliphatic heterocycles. The van der Waals surface area contributed by atoms with Gasteiger partial charge in [0.25, 0.3) is 0 Å². The molecular formula is C68H40N4O2. The molecule has 0 spiro atoms. The minimum atomic E-state index is 0.518. The summed E-state index contributed by atoms with van der Waals surface area (Å²) in [6.07, 6.45) is 0. The number of nitrogens with zero attached hydrogens (tertiary/aromatic N) is 4. The standard InChI is InChI=1S/C68H40N4O2/c69-41-48-21-6-7-24-49(48)53-30-14-34-58-59-36-16-32-55(65(59)74-63(53)58)52-26-9-11-28-61(52)68-71-66(47-38-37-43-19-4-5-20-44(43)40-47)70-67(72-68)60-27-10-8-25-51(60)54-31-15-35-57-56-33-13-29-50(62(56)73-64(54)57)46-23-12-22-45(39-46)42-17-2-1-3-18-42/h1-40H. The van der Waals surface area contributed by atoms with Gasteiger partial charge in [0.05, 0.1) is 11.6 Å². The highest BCUT2D eigenvalue weighted by atomic mass is 16.3. The Kier molecular flexibility index (Phi) is 10.1. The van der Waals surface area contributed by atoms with Gasteiger partial charge in [-0.2, -0.15) is 5.26 Å². The van der Waals surface area contributed by atoms with Gasteiger partial charge >= 0.3 is 0 Å². The summed E-state index contributed by atoms with van der Waals surface area (Å²) < 4.78 is 14.0. The molecule has 14 aromatic rings. The van der Waals surface area contributed by atoms with E-state index < -0.39 is 0 Å². The molecule has 0 fully saturated rings. The fraction of sp³-hybridized carbons (Fsp3) is 0. The molecule has 0 aliphatic carbocycles. The second kappa shape index (κ2) is 17.6. The molecule has 0 bridgehead atoms. The zero-order valence-corrected chi connectivity index (χ0v) is 39.7. The topological polar surface area (TPSA) is 88.7 Å². The van der Waals surface area contributed by atoms with Crippen molar-refractivity contribution in [3.63, 3.8) is 0 Å². The SMILES string of the molecule is N#Cc1ccccc1-c1cccc2c1oc1c(-c3ccccc3-c3nc(-c4ccc5ccccc5c4)nc(-c4ccccc4-c4cccc5c4oc4c(-c6cccc(-c7ccccc7)c6)cccc45)n3)cccc12. The lowest BCUT2D eigenvalue weighted by molar-refractivity contribution is 0.670. The third kappa shape index (κ3) is 7.14. The van der Waals surface area contributed by atoms with Gasteiger partial charge in [0.15, 0.2) is 17.5 Å². The molecule has 0 amide bonds. The van der Waals surface area contributed by atoms with E-state index in [0.29, 0.717) is 23.0 Å². The minimum Gasteiger partial charge on any atom is -0.455 e. The Morgan fingerprint density at radius 2 is 0.689 bits per heavy atom. The average Bonchev–Trinajstić information content (AvgIpc) is 4.08. The molecule has 14 rings (SSSR count). The summed E-state index contributed by atoms with van der Waals surface area (Å²) in [7, 11) is 0. The third-order valence-corrected chi connectivity index (χ3v) is 14.2. The van der Waals surface area contributed by atoms with Crippen molar-refractivity contribution in [2.75, 3.05) is 0 Å². The number of hydrogen-bond donors (Lipinski definition) is 0. The maximum absolute atomic E-state index is 10.1. The number of fused-ring (bicyclic) bond motifs is 7. The van der Waals surface area contributed by atoms with Crippen molar-refractivity contribution in [1.29, 1.82) is 5.26 Å².